The Bertz CT molecular complexity index is 718. The Labute approximate surface area is 190 Å². The van der Waals surface area contributed by atoms with Crippen LogP contribution in [0.15, 0.2) is 36.7 Å². The highest BCUT2D eigenvalue weighted by Gasteiger charge is 2.20. The molecule has 1 heterocycles. The molecule has 3 heteroatoms. The highest BCUT2D eigenvalue weighted by atomic mass is 16.5. The fourth-order valence-electron chi connectivity index (χ4n) is 4.64. The zero-order chi connectivity index (χ0) is 21.7. The molecule has 1 aliphatic rings. The van der Waals surface area contributed by atoms with E-state index in [1.165, 1.54) is 77.0 Å². The molecule has 0 unspecified atom stereocenters. The number of hydrogen-bond donors (Lipinski definition) is 0. The van der Waals surface area contributed by atoms with Crippen molar-refractivity contribution < 1.29 is 4.74 Å². The van der Waals surface area contributed by atoms with Gasteiger partial charge in [0.1, 0.15) is 5.75 Å². The van der Waals surface area contributed by atoms with Crippen LogP contribution < -0.4 is 4.74 Å². The standard InChI is InChI=1S/C28H42N2O/c1-3-5-6-7-8-9-10-11-26-20-30-28(21-29-26)25-16-18-27(19-17-25)31-22-24-14-12-23(4-2)13-15-24/h16-21,23-24H,3-15,22H2,1-2H3/t23-,24-. The molecule has 3 nitrogen and oxygen atoms in total. The molecule has 1 fully saturated rings. The van der Waals surface area contributed by atoms with Crippen molar-refractivity contribution in [2.24, 2.45) is 11.8 Å². The number of nitrogens with zero attached hydrogens (tertiary/aromatic N) is 2. The minimum Gasteiger partial charge on any atom is -0.493 e. The Morgan fingerprint density at radius 1 is 0.774 bits per heavy atom. The van der Waals surface area contributed by atoms with Crippen LogP contribution in [0.3, 0.4) is 0 Å². The van der Waals surface area contributed by atoms with Crippen molar-refractivity contribution in [3.05, 3.63) is 42.4 Å². The van der Waals surface area contributed by atoms with Gasteiger partial charge in [0.15, 0.2) is 0 Å². The fraction of sp³-hybridized carbons (Fsp3) is 0.643. The number of unbranched alkanes of at least 4 members (excludes halogenated alkanes) is 6. The SMILES string of the molecule is CCCCCCCCCc1cnc(-c2ccc(OC[C@H]3CC[C@H](CC)CC3)cc2)cn1. The average Bonchev–Trinajstić information content (AvgIpc) is 2.83. The van der Waals surface area contributed by atoms with E-state index in [9.17, 15) is 0 Å². The first-order chi connectivity index (χ1) is 15.3. The summed E-state index contributed by atoms with van der Waals surface area (Å²) < 4.78 is 6.07. The van der Waals surface area contributed by atoms with E-state index < -0.39 is 0 Å². The molecular weight excluding hydrogens is 380 g/mol. The molecule has 0 N–H and O–H groups in total. The van der Waals surface area contributed by atoms with E-state index in [-0.39, 0.29) is 0 Å². The van der Waals surface area contributed by atoms with Crippen LogP contribution in [0, 0.1) is 11.8 Å². The quantitative estimate of drug-likeness (QED) is 0.306. The second-order valence-electron chi connectivity index (χ2n) is 9.39. The average molecular weight is 423 g/mol. The predicted molar refractivity (Wildman–Crippen MR) is 130 cm³/mol. The first-order valence-corrected chi connectivity index (χ1v) is 12.8. The van der Waals surface area contributed by atoms with Crippen molar-refractivity contribution in [3.8, 4) is 17.0 Å². The largest absolute Gasteiger partial charge is 0.493 e. The van der Waals surface area contributed by atoms with E-state index in [2.05, 4.69) is 48.1 Å². The van der Waals surface area contributed by atoms with Gasteiger partial charge in [-0.2, -0.15) is 0 Å². The maximum Gasteiger partial charge on any atom is 0.119 e. The zero-order valence-corrected chi connectivity index (χ0v) is 19.8. The molecule has 0 amide bonds. The second kappa shape index (κ2) is 13.5. The van der Waals surface area contributed by atoms with Crippen LogP contribution in [0.25, 0.3) is 11.3 Å². The molecule has 0 aliphatic heterocycles. The zero-order valence-electron chi connectivity index (χ0n) is 19.8. The van der Waals surface area contributed by atoms with Crippen LogP contribution in [-0.2, 0) is 6.42 Å². The topological polar surface area (TPSA) is 35.0 Å². The van der Waals surface area contributed by atoms with Crippen LogP contribution in [0.5, 0.6) is 5.75 Å². The summed E-state index contributed by atoms with van der Waals surface area (Å²) in [6.07, 6.45) is 20.9. The van der Waals surface area contributed by atoms with E-state index in [1.54, 1.807) is 0 Å². The van der Waals surface area contributed by atoms with Gasteiger partial charge in [0.25, 0.3) is 0 Å². The normalized spacial score (nSPS) is 18.8. The molecule has 0 bridgehead atoms. The maximum atomic E-state index is 6.07. The number of aryl methyl sites for hydroxylation is 1. The van der Waals surface area contributed by atoms with Crippen molar-refractivity contribution in [2.45, 2.75) is 97.3 Å². The van der Waals surface area contributed by atoms with Crippen molar-refractivity contribution in [3.63, 3.8) is 0 Å². The maximum absolute atomic E-state index is 6.07. The minimum atomic E-state index is 0.720. The van der Waals surface area contributed by atoms with E-state index >= 15 is 0 Å². The van der Waals surface area contributed by atoms with Gasteiger partial charge in [0.05, 0.1) is 24.2 Å². The summed E-state index contributed by atoms with van der Waals surface area (Å²) in [5.74, 6) is 2.63. The van der Waals surface area contributed by atoms with Gasteiger partial charge in [-0.3, -0.25) is 9.97 Å². The summed E-state index contributed by atoms with van der Waals surface area (Å²) in [6.45, 7) is 5.43. The Morgan fingerprint density at radius 2 is 1.45 bits per heavy atom. The van der Waals surface area contributed by atoms with Crippen LogP contribution in [0.2, 0.25) is 0 Å². The summed E-state index contributed by atoms with van der Waals surface area (Å²) in [4.78, 5) is 9.29. The molecule has 0 radical (unpaired) electrons. The van der Waals surface area contributed by atoms with Crippen LogP contribution in [0.4, 0.5) is 0 Å². The van der Waals surface area contributed by atoms with Gasteiger partial charge in [0.2, 0.25) is 0 Å². The molecule has 1 saturated carbocycles. The van der Waals surface area contributed by atoms with Crippen LogP contribution in [0.1, 0.15) is 96.6 Å². The smallest absolute Gasteiger partial charge is 0.119 e. The Kier molecular flexibility index (Phi) is 10.3. The molecule has 0 spiro atoms. The summed E-state index contributed by atoms with van der Waals surface area (Å²) in [6, 6.07) is 8.34. The number of ether oxygens (including phenoxy) is 1. The first-order valence-electron chi connectivity index (χ1n) is 12.8. The second-order valence-corrected chi connectivity index (χ2v) is 9.39. The van der Waals surface area contributed by atoms with Crippen LogP contribution >= 0.6 is 0 Å². The Hall–Kier alpha value is -1.90. The van der Waals surface area contributed by atoms with Gasteiger partial charge in [-0.05, 0) is 61.8 Å². The van der Waals surface area contributed by atoms with E-state index in [0.29, 0.717) is 0 Å². The van der Waals surface area contributed by atoms with Crippen molar-refractivity contribution >= 4 is 0 Å². The van der Waals surface area contributed by atoms with Crippen molar-refractivity contribution in [1.82, 2.24) is 9.97 Å². The monoisotopic (exact) mass is 422 g/mol. The molecule has 0 atom stereocenters. The fourth-order valence-corrected chi connectivity index (χ4v) is 4.64. The Morgan fingerprint density at radius 3 is 2.10 bits per heavy atom. The van der Waals surface area contributed by atoms with E-state index in [0.717, 1.165) is 47.6 Å². The molecule has 0 saturated heterocycles. The molecule has 1 aromatic heterocycles. The number of hydrogen-bond acceptors (Lipinski definition) is 3. The molecular formula is C28H42N2O. The van der Waals surface area contributed by atoms with E-state index in [4.69, 9.17) is 4.74 Å². The number of benzene rings is 1. The lowest BCUT2D eigenvalue weighted by molar-refractivity contribution is 0.181. The summed E-state index contributed by atoms with van der Waals surface area (Å²) in [7, 11) is 0. The number of aromatic nitrogens is 2. The molecule has 31 heavy (non-hydrogen) atoms. The lowest BCUT2D eigenvalue weighted by atomic mass is 9.81. The molecule has 170 valence electrons. The molecule has 1 aromatic carbocycles. The van der Waals surface area contributed by atoms with Gasteiger partial charge in [-0.25, -0.2) is 0 Å². The van der Waals surface area contributed by atoms with Crippen molar-refractivity contribution in [1.29, 1.82) is 0 Å². The molecule has 2 aromatic rings. The highest BCUT2D eigenvalue weighted by molar-refractivity contribution is 5.58. The third-order valence-electron chi connectivity index (χ3n) is 6.92. The van der Waals surface area contributed by atoms with Gasteiger partial charge in [-0.1, -0.05) is 71.6 Å². The molecule has 3 rings (SSSR count). The van der Waals surface area contributed by atoms with Gasteiger partial charge < -0.3 is 4.74 Å². The lowest BCUT2D eigenvalue weighted by Crippen LogP contribution is -2.19. The highest BCUT2D eigenvalue weighted by Crippen LogP contribution is 2.31. The minimum absolute atomic E-state index is 0.720. The third-order valence-corrected chi connectivity index (χ3v) is 6.92. The van der Waals surface area contributed by atoms with Gasteiger partial charge >= 0.3 is 0 Å². The van der Waals surface area contributed by atoms with Crippen LogP contribution in [-0.4, -0.2) is 16.6 Å². The predicted octanol–water partition coefficient (Wildman–Crippen LogP) is 8.03. The van der Waals surface area contributed by atoms with Crippen molar-refractivity contribution in [2.75, 3.05) is 6.61 Å². The van der Waals surface area contributed by atoms with E-state index in [1.807, 2.05) is 12.4 Å². The summed E-state index contributed by atoms with van der Waals surface area (Å²) >= 11 is 0. The van der Waals surface area contributed by atoms with Gasteiger partial charge in [0, 0.05) is 11.8 Å². The van der Waals surface area contributed by atoms with Gasteiger partial charge in [-0.15, -0.1) is 0 Å². The number of rotatable bonds is 13. The summed E-state index contributed by atoms with van der Waals surface area (Å²) in [5.41, 5.74) is 3.15. The lowest BCUT2D eigenvalue weighted by Gasteiger charge is -2.27. The third kappa shape index (κ3) is 8.27. The Balaban J connectivity index is 1.38. The summed E-state index contributed by atoms with van der Waals surface area (Å²) in [5, 5.41) is 0. The molecule has 1 aliphatic carbocycles. The first kappa shape index (κ1) is 23.8.